The van der Waals surface area contributed by atoms with Gasteiger partial charge in [-0.3, -0.25) is 0 Å². The Morgan fingerprint density at radius 3 is 2.41 bits per heavy atom. The third kappa shape index (κ3) is 3.28. The molecule has 3 aromatic rings. The molecule has 0 radical (unpaired) electrons. The number of methoxy groups -OCH3 is 3. The molecular formula is C28H30NO5+. The molecule has 0 aliphatic carbocycles. The van der Waals surface area contributed by atoms with Gasteiger partial charge in [-0.05, 0) is 53.6 Å². The SMILES string of the molecule is COc1ccc(C[N@@+]23CCc4cc5c(cc4[C@@H]2Cc2ccc(OC)c(OC)c2C3)OCO5)cc1. The van der Waals surface area contributed by atoms with Crippen molar-refractivity contribution in [2.75, 3.05) is 34.7 Å². The second-order valence-electron chi connectivity index (χ2n) is 9.42. The zero-order valence-electron chi connectivity index (χ0n) is 19.9. The topological polar surface area (TPSA) is 46.2 Å². The predicted octanol–water partition coefficient (Wildman–Crippen LogP) is 4.81. The fourth-order valence-corrected chi connectivity index (χ4v) is 6.07. The van der Waals surface area contributed by atoms with Crippen molar-refractivity contribution < 1.29 is 28.2 Å². The molecule has 34 heavy (non-hydrogen) atoms. The number of benzene rings is 3. The first-order valence-corrected chi connectivity index (χ1v) is 11.8. The van der Waals surface area contributed by atoms with Crippen LogP contribution < -0.4 is 23.7 Å². The molecule has 6 heteroatoms. The van der Waals surface area contributed by atoms with Crippen molar-refractivity contribution in [1.29, 1.82) is 0 Å². The Kier molecular flexibility index (Phi) is 5.06. The van der Waals surface area contributed by atoms with Crippen LogP contribution in [-0.2, 0) is 25.9 Å². The monoisotopic (exact) mass is 460 g/mol. The van der Waals surface area contributed by atoms with Gasteiger partial charge in [0.15, 0.2) is 23.0 Å². The number of nitrogens with zero attached hydrogens (tertiary/aromatic N) is 1. The quantitative estimate of drug-likeness (QED) is 0.512. The molecule has 0 N–H and O–H groups in total. The van der Waals surface area contributed by atoms with Crippen molar-refractivity contribution >= 4 is 0 Å². The fourth-order valence-electron chi connectivity index (χ4n) is 6.07. The zero-order valence-corrected chi connectivity index (χ0v) is 19.9. The third-order valence-corrected chi connectivity index (χ3v) is 7.77. The minimum absolute atomic E-state index is 0.300. The van der Waals surface area contributed by atoms with Crippen molar-refractivity contribution in [3.05, 3.63) is 76.3 Å². The summed E-state index contributed by atoms with van der Waals surface area (Å²) in [6.45, 7) is 3.17. The smallest absolute Gasteiger partial charge is 0.231 e. The predicted molar refractivity (Wildman–Crippen MR) is 128 cm³/mol. The average molecular weight is 461 g/mol. The first-order valence-electron chi connectivity index (χ1n) is 11.8. The second-order valence-corrected chi connectivity index (χ2v) is 9.42. The van der Waals surface area contributed by atoms with Gasteiger partial charge in [0.05, 0.1) is 33.4 Å². The molecule has 0 saturated heterocycles. The van der Waals surface area contributed by atoms with Crippen LogP contribution in [0.2, 0.25) is 0 Å². The number of quaternary nitrogens is 1. The van der Waals surface area contributed by atoms with Gasteiger partial charge in [0, 0.05) is 24.0 Å². The molecule has 3 aliphatic heterocycles. The molecule has 0 aromatic heterocycles. The van der Waals surface area contributed by atoms with Crippen LogP contribution in [0.4, 0.5) is 0 Å². The molecule has 0 unspecified atom stereocenters. The van der Waals surface area contributed by atoms with Gasteiger partial charge < -0.3 is 28.2 Å². The summed E-state index contributed by atoms with van der Waals surface area (Å²) in [6.07, 6.45) is 1.94. The number of hydrogen-bond acceptors (Lipinski definition) is 5. The number of rotatable bonds is 5. The Hall–Kier alpha value is -3.38. The highest BCUT2D eigenvalue weighted by molar-refractivity contribution is 5.54. The molecule has 2 atom stereocenters. The number of fused-ring (bicyclic) bond motifs is 5. The lowest BCUT2D eigenvalue weighted by Gasteiger charge is -2.51. The van der Waals surface area contributed by atoms with Gasteiger partial charge in [0.25, 0.3) is 0 Å². The average Bonchev–Trinajstić information content (AvgIpc) is 3.33. The van der Waals surface area contributed by atoms with Gasteiger partial charge in [-0.2, -0.15) is 0 Å². The summed E-state index contributed by atoms with van der Waals surface area (Å²) in [5.74, 6) is 4.27. The van der Waals surface area contributed by atoms with E-state index in [1.807, 2.05) is 6.07 Å². The van der Waals surface area contributed by atoms with Crippen LogP contribution in [0.25, 0.3) is 0 Å². The molecule has 3 aliphatic rings. The van der Waals surface area contributed by atoms with Crippen LogP contribution in [-0.4, -0.2) is 39.2 Å². The molecule has 0 saturated carbocycles. The van der Waals surface area contributed by atoms with E-state index in [1.54, 1.807) is 21.3 Å². The zero-order chi connectivity index (χ0) is 23.3. The lowest BCUT2D eigenvalue weighted by molar-refractivity contribution is -0.985. The van der Waals surface area contributed by atoms with Gasteiger partial charge in [-0.25, -0.2) is 0 Å². The Morgan fingerprint density at radius 1 is 0.882 bits per heavy atom. The highest BCUT2D eigenvalue weighted by Gasteiger charge is 2.47. The van der Waals surface area contributed by atoms with Crippen molar-refractivity contribution in [3.8, 4) is 28.7 Å². The van der Waals surface area contributed by atoms with Crippen LogP contribution >= 0.6 is 0 Å². The molecule has 6 rings (SSSR count). The summed E-state index contributed by atoms with van der Waals surface area (Å²) in [5.41, 5.74) is 6.65. The molecule has 3 aromatic carbocycles. The largest absolute Gasteiger partial charge is 0.497 e. The van der Waals surface area contributed by atoms with Gasteiger partial charge in [-0.1, -0.05) is 6.07 Å². The van der Waals surface area contributed by atoms with Crippen LogP contribution in [0.3, 0.4) is 0 Å². The van der Waals surface area contributed by atoms with E-state index in [2.05, 4.69) is 42.5 Å². The van der Waals surface area contributed by atoms with E-state index < -0.39 is 0 Å². The first kappa shape index (κ1) is 21.2. The Balaban J connectivity index is 1.48. The second kappa shape index (κ2) is 8.13. The van der Waals surface area contributed by atoms with Crippen LogP contribution in [0.5, 0.6) is 28.7 Å². The van der Waals surface area contributed by atoms with Gasteiger partial charge in [-0.15, -0.1) is 0 Å². The third-order valence-electron chi connectivity index (χ3n) is 7.77. The summed E-state index contributed by atoms with van der Waals surface area (Å²) in [4.78, 5) is 0. The number of hydrogen-bond donors (Lipinski definition) is 0. The molecule has 0 spiro atoms. The van der Waals surface area contributed by atoms with E-state index in [1.165, 1.54) is 27.8 Å². The summed E-state index contributed by atoms with van der Waals surface area (Å²) >= 11 is 0. The number of ether oxygens (including phenoxy) is 5. The van der Waals surface area contributed by atoms with E-state index in [0.717, 1.165) is 65.7 Å². The molecule has 0 bridgehead atoms. The van der Waals surface area contributed by atoms with Crippen LogP contribution in [0.1, 0.15) is 33.9 Å². The van der Waals surface area contributed by atoms with Crippen molar-refractivity contribution in [2.24, 2.45) is 0 Å². The summed E-state index contributed by atoms with van der Waals surface area (Å²) in [7, 11) is 5.15. The highest BCUT2D eigenvalue weighted by atomic mass is 16.7. The maximum atomic E-state index is 5.88. The minimum atomic E-state index is 0.300. The molecular weight excluding hydrogens is 430 g/mol. The Bertz CT molecular complexity index is 1240. The van der Waals surface area contributed by atoms with E-state index >= 15 is 0 Å². The summed E-state index contributed by atoms with van der Waals surface area (Å²) < 4.78 is 29.3. The van der Waals surface area contributed by atoms with Crippen molar-refractivity contribution in [3.63, 3.8) is 0 Å². The normalized spacial score (nSPS) is 21.8. The van der Waals surface area contributed by atoms with E-state index in [4.69, 9.17) is 23.7 Å². The molecule has 6 nitrogen and oxygen atoms in total. The summed E-state index contributed by atoms with van der Waals surface area (Å²) in [6, 6.07) is 17.5. The lowest BCUT2D eigenvalue weighted by Crippen LogP contribution is -2.55. The minimum Gasteiger partial charge on any atom is -0.497 e. The van der Waals surface area contributed by atoms with Crippen LogP contribution in [0.15, 0.2) is 48.5 Å². The van der Waals surface area contributed by atoms with E-state index in [9.17, 15) is 0 Å². The maximum Gasteiger partial charge on any atom is 0.231 e. The van der Waals surface area contributed by atoms with E-state index in [-0.39, 0.29) is 0 Å². The molecule has 3 heterocycles. The lowest BCUT2D eigenvalue weighted by atomic mass is 9.80. The van der Waals surface area contributed by atoms with Crippen molar-refractivity contribution in [2.45, 2.75) is 32.0 Å². The highest BCUT2D eigenvalue weighted by Crippen LogP contribution is 2.51. The van der Waals surface area contributed by atoms with Gasteiger partial charge in [0.2, 0.25) is 6.79 Å². The molecule has 0 fully saturated rings. The van der Waals surface area contributed by atoms with Crippen molar-refractivity contribution in [1.82, 2.24) is 0 Å². The standard InChI is InChI=1S/C28H30NO5/c1-30-21-7-4-18(5-8-21)15-29-11-10-20-13-26-27(34-17-33-26)14-22(20)24(29)12-19-6-9-25(31-2)28(32-3)23(19)16-29/h4-9,13-14,24H,10-12,15-17H2,1-3H3/q+1/t24-,29+/m0/s1. The fraction of sp³-hybridized carbons (Fsp3) is 0.357. The Labute approximate surface area is 200 Å². The van der Waals surface area contributed by atoms with Crippen LogP contribution in [0, 0.1) is 0 Å². The Morgan fingerprint density at radius 2 is 1.68 bits per heavy atom. The van der Waals surface area contributed by atoms with E-state index in [0.29, 0.717) is 12.8 Å². The van der Waals surface area contributed by atoms with Gasteiger partial charge >= 0.3 is 0 Å². The first-order chi connectivity index (χ1) is 16.6. The maximum absolute atomic E-state index is 5.88. The van der Waals surface area contributed by atoms with Gasteiger partial charge in [0.1, 0.15) is 24.9 Å². The molecule has 0 amide bonds. The summed E-state index contributed by atoms with van der Waals surface area (Å²) in [5, 5.41) is 0. The molecule has 176 valence electrons.